The Hall–Kier alpha value is -2.87. The van der Waals surface area contributed by atoms with Crippen molar-refractivity contribution in [3.8, 4) is 0 Å². The molecule has 1 aromatic heterocycles. The van der Waals surface area contributed by atoms with Gasteiger partial charge in [-0.15, -0.1) is 0 Å². The molecule has 144 valence electrons. The number of amides is 1. The SMILES string of the molecule is Cc1nc2cc(C(=O)Nc3ccc(F)c(C4(C)CCSC(N)=N4)c3)ccc2[nH]1. The Labute approximate surface area is 165 Å². The first-order valence-corrected chi connectivity index (χ1v) is 9.88. The number of benzene rings is 2. The highest BCUT2D eigenvalue weighted by molar-refractivity contribution is 8.13. The Morgan fingerprint density at radius 1 is 1.32 bits per heavy atom. The second kappa shape index (κ2) is 6.94. The smallest absolute Gasteiger partial charge is 0.255 e. The average molecular weight is 397 g/mol. The van der Waals surface area contributed by atoms with Gasteiger partial charge in [-0.2, -0.15) is 0 Å². The molecule has 4 N–H and O–H groups in total. The number of nitrogens with zero attached hydrogens (tertiary/aromatic N) is 2. The number of rotatable bonds is 3. The number of carbonyl (C=O) groups excluding carboxylic acids is 1. The van der Waals surface area contributed by atoms with Crippen molar-refractivity contribution in [2.45, 2.75) is 25.8 Å². The van der Waals surface area contributed by atoms with Crippen LogP contribution in [0.15, 0.2) is 41.4 Å². The maximum absolute atomic E-state index is 14.5. The highest BCUT2D eigenvalue weighted by atomic mass is 32.2. The molecule has 1 atom stereocenters. The molecule has 0 fully saturated rings. The van der Waals surface area contributed by atoms with Gasteiger partial charge >= 0.3 is 0 Å². The van der Waals surface area contributed by atoms with E-state index in [1.165, 1.54) is 17.8 Å². The van der Waals surface area contributed by atoms with Gasteiger partial charge in [0.2, 0.25) is 0 Å². The van der Waals surface area contributed by atoms with E-state index in [9.17, 15) is 9.18 Å². The zero-order valence-electron chi connectivity index (χ0n) is 15.5. The van der Waals surface area contributed by atoms with Crippen LogP contribution in [0.2, 0.25) is 0 Å². The van der Waals surface area contributed by atoms with Crippen LogP contribution in [-0.2, 0) is 5.54 Å². The van der Waals surface area contributed by atoms with E-state index < -0.39 is 5.54 Å². The van der Waals surface area contributed by atoms with Crippen LogP contribution >= 0.6 is 11.8 Å². The minimum atomic E-state index is -0.744. The number of H-pyrrole nitrogens is 1. The van der Waals surface area contributed by atoms with E-state index in [1.54, 1.807) is 24.3 Å². The lowest BCUT2D eigenvalue weighted by Gasteiger charge is -2.30. The van der Waals surface area contributed by atoms with Gasteiger partial charge in [0, 0.05) is 22.6 Å². The van der Waals surface area contributed by atoms with Crippen molar-refractivity contribution in [1.29, 1.82) is 0 Å². The number of carbonyl (C=O) groups is 1. The van der Waals surface area contributed by atoms with Gasteiger partial charge in [-0.05, 0) is 56.7 Å². The summed E-state index contributed by atoms with van der Waals surface area (Å²) in [5, 5.41) is 3.29. The molecule has 1 unspecified atom stereocenters. The lowest BCUT2D eigenvalue weighted by molar-refractivity contribution is 0.102. The molecule has 3 aromatic rings. The minimum Gasteiger partial charge on any atom is -0.379 e. The predicted molar refractivity (Wildman–Crippen MR) is 111 cm³/mol. The lowest BCUT2D eigenvalue weighted by Crippen LogP contribution is -2.29. The molecule has 0 radical (unpaired) electrons. The van der Waals surface area contributed by atoms with E-state index in [0.29, 0.717) is 28.4 Å². The summed E-state index contributed by atoms with van der Waals surface area (Å²) < 4.78 is 14.5. The largest absolute Gasteiger partial charge is 0.379 e. The first kappa shape index (κ1) is 18.5. The molecule has 0 saturated heterocycles. The Bertz CT molecular complexity index is 1110. The molecule has 1 amide bonds. The molecule has 2 heterocycles. The number of halogens is 1. The van der Waals surface area contributed by atoms with Crippen LogP contribution in [0.1, 0.15) is 35.1 Å². The number of aryl methyl sites for hydroxylation is 1. The number of hydrogen-bond donors (Lipinski definition) is 3. The zero-order chi connectivity index (χ0) is 19.9. The molecule has 1 aliphatic rings. The fourth-order valence-corrected chi connectivity index (χ4v) is 4.35. The van der Waals surface area contributed by atoms with Gasteiger partial charge in [-0.25, -0.2) is 9.37 Å². The molecule has 1 aliphatic heterocycles. The third kappa shape index (κ3) is 3.47. The number of nitrogens with two attached hydrogens (primary N) is 1. The quantitative estimate of drug-likeness (QED) is 0.624. The summed E-state index contributed by atoms with van der Waals surface area (Å²) in [7, 11) is 0. The second-order valence-corrected chi connectivity index (χ2v) is 8.14. The first-order valence-electron chi connectivity index (χ1n) is 8.90. The molecule has 4 rings (SSSR count). The normalized spacial score (nSPS) is 19.5. The Morgan fingerprint density at radius 3 is 2.93 bits per heavy atom. The average Bonchev–Trinajstić information content (AvgIpc) is 3.02. The number of hydrogen-bond acceptors (Lipinski definition) is 5. The van der Waals surface area contributed by atoms with E-state index in [-0.39, 0.29) is 11.7 Å². The van der Waals surface area contributed by atoms with Crippen LogP contribution in [0, 0.1) is 12.7 Å². The van der Waals surface area contributed by atoms with Crippen molar-refractivity contribution in [2.24, 2.45) is 10.7 Å². The van der Waals surface area contributed by atoms with Gasteiger partial charge in [0.05, 0.1) is 16.6 Å². The van der Waals surface area contributed by atoms with Crippen LogP contribution in [0.4, 0.5) is 10.1 Å². The number of aromatic nitrogens is 2. The van der Waals surface area contributed by atoms with Crippen LogP contribution < -0.4 is 11.1 Å². The van der Waals surface area contributed by atoms with Crippen molar-refractivity contribution in [1.82, 2.24) is 9.97 Å². The number of aromatic amines is 1. The molecule has 0 spiro atoms. The Morgan fingerprint density at radius 2 is 2.14 bits per heavy atom. The summed E-state index contributed by atoms with van der Waals surface area (Å²) in [5.41, 5.74) is 8.11. The van der Waals surface area contributed by atoms with Gasteiger partial charge in [-0.1, -0.05) is 11.8 Å². The summed E-state index contributed by atoms with van der Waals surface area (Å²) in [6.45, 7) is 3.72. The number of anilines is 1. The minimum absolute atomic E-state index is 0.285. The van der Waals surface area contributed by atoms with Crippen molar-refractivity contribution in [2.75, 3.05) is 11.1 Å². The summed E-state index contributed by atoms with van der Waals surface area (Å²) in [5.74, 6) is 0.907. The van der Waals surface area contributed by atoms with Crippen LogP contribution in [-0.4, -0.2) is 26.8 Å². The van der Waals surface area contributed by atoms with E-state index in [4.69, 9.17) is 5.73 Å². The zero-order valence-corrected chi connectivity index (χ0v) is 16.4. The van der Waals surface area contributed by atoms with Gasteiger partial charge in [-0.3, -0.25) is 9.79 Å². The number of nitrogens with one attached hydrogen (secondary N) is 2. The van der Waals surface area contributed by atoms with E-state index in [0.717, 1.165) is 22.6 Å². The van der Waals surface area contributed by atoms with Crippen molar-refractivity contribution >= 4 is 39.6 Å². The summed E-state index contributed by atoms with van der Waals surface area (Å²) >= 11 is 1.46. The molecular formula is C20H20FN5OS. The van der Waals surface area contributed by atoms with Crippen molar-refractivity contribution in [3.63, 3.8) is 0 Å². The Balaban J connectivity index is 1.62. The number of aliphatic imine (C=N–C) groups is 1. The summed E-state index contributed by atoms with van der Waals surface area (Å²) in [6, 6.07) is 9.80. The van der Waals surface area contributed by atoms with Crippen molar-refractivity contribution in [3.05, 3.63) is 59.2 Å². The van der Waals surface area contributed by atoms with Gasteiger partial charge < -0.3 is 16.0 Å². The monoisotopic (exact) mass is 397 g/mol. The molecule has 2 aromatic carbocycles. The van der Waals surface area contributed by atoms with Gasteiger partial charge in [0.25, 0.3) is 5.91 Å². The van der Waals surface area contributed by atoms with Crippen LogP contribution in [0.25, 0.3) is 11.0 Å². The number of imidazole rings is 1. The van der Waals surface area contributed by atoms with Crippen LogP contribution in [0.3, 0.4) is 0 Å². The summed E-state index contributed by atoms with van der Waals surface area (Å²) in [6.07, 6.45) is 0.669. The third-order valence-electron chi connectivity index (χ3n) is 4.86. The molecule has 28 heavy (non-hydrogen) atoms. The maximum atomic E-state index is 14.5. The first-order chi connectivity index (χ1) is 13.3. The van der Waals surface area contributed by atoms with Gasteiger partial charge in [0.1, 0.15) is 11.6 Å². The highest BCUT2D eigenvalue weighted by Gasteiger charge is 2.32. The third-order valence-corrected chi connectivity index (χ3v) is 5.66. The standard InChI is InChI=1S/C20H20FN5OS/c1-11-23-16-6-3-12(9-17(16)24-11)18(27)25-13-4-5-15(21)14(10-13)20(2)7-8-28-19(22)26-20/h3-6,9-10H,7-8H2,1-2H3,(H2,22,26)(H,23,24)(H,25,27). The predicted octanol–water partition coefficient (Wildman–Crippen LogP) is 3.93. The molecule has 0 aliphatic carbocycles. The Kier molecular flexibility index (Phi) is 4.58. The fourth-order valence-electron chi connectivity index (χ4n) is 3.37. The second-order valence-electron chi connectivity index (χ2n) is 7.03. The van der Waals surface area contributed by atoms with E-state index >= 15 is 0 Å². The topological polar surface area (TPSA) is 96.2 Å². The molecule has 0 bridgehead atoms. The number of fused-ring (bicyclic) bond motifs is 1. The summed E-state index contributed by atoms with van der Waals surface area (Å²) in [4.78, 5) is 24.6. The van der Waals surface area contributed by atoms with Crippen molar-refractivity contribution < 1.29 is 9.18 Å². The maximum Gasteiger partial charge on any atom is 0.255 e. The van der Waals surface area contributed by atoms with Crippen LogP contribution in [0.5, 0.6) is 0 Å². The highest BCUT2D eigenvalue weighted by Crippen LogP contribution is 2.37. The molecule has 8 heteroatoms. The van der Waals surface area contributed by atoms with E-state index in [2.05, 4.69) is 20.3 Å². The van der Waals surface area contributed by atoms with E-state index in [1.807, 2.05) is 19.9 Å². The lowest BCUT2D eigenvalue weighted by atomic mass is 9.89. The molecule has 0 saturated carbocycles. The molecular weight excluding hydrogens is 377 g/mol. The number of amidine groups is 1. The van der Waals surface area contributed by atoms with Gasteiger partial charge in [0.15, 0.2) is 5.17 Å². The molecule has 6 nitrogen and oxygen atoms in total. The number of thioether (sulfide) groups is 1. The fraction of sp³-hybridized carbons (Fsp3) is 0.250.